The van der Waals surface area contributed by atoms with E-state index < -0.39 is 0 Å². The molecule has 5 nitrogen and oxygen atoms in total. The minimum Gasteiger partial charge on any atom is -0.496 e. The van der Waals surface area contributed by atoms with E-state index >= 15 is 0 Å². The van der Waals surface area contributed by atoms with Gasteiger partial charge in [-0.25, -0.2) is 9.97 Å². The molecule has 24 heavy (non-hydrogen) atoms. The second-order valence-corrected chi connectivity index (χ2v) is 5.29. The lowest BCUT2D eigenvalue weighted by Crippen LogP contribution is -2.06. The van der Waals surface area contributed by atoms with E-state index in [2.05, 4.69) is 32.7 Å². The minimum atomic E-state index is 0.638. The van der Waals surface area contributed by atoms with Gasteiger partial charge in [0.1, 0.15) is 23.7 Å². The number of aromatic nitrogens is 2. The van der Waals surface area contributed by atoms with Crippen LogP contribution in [0.25, 0.3) is 0 Å². The van der Waals surface area contributed by atoms with E-state index in [1.807, 2.05) is 48.5 Å². The zero-order chi connectivity index (χ0) is 16.6. The van der Waals surface area contributed by atoms with E-state index in [0.717, 1.165) is 29.5 Å². The van der Waals surface area contributed by atoms with E-state index in [-0.39, 0.29) is 0 Å². The van der Waals surface area contributed by atoms with E-state index in [0.29, 0.717) is 6.54 Å². The van der Waals surface area contributed by atoms with Gasteiger partial charge in [0.15, 0.2) is 0 Å². The largest absolute Gasteiger partial charge is 0.496 e. The van der Waals surface area contributed by atoms with E-state index in [1.165, 1.54) is 5.56 Å². The molecule has 122 valence electrons. The predicted molar refractivity (Wildman–Crippen MR) is 96.1 cm³/mol. The van der Waals surface area contributed by atoms with Gasteiger partial charge < -0.3 is 15.4 Å². The summed E-state index contributed by atoms with van der Waals surface area (Å²) in [4.78, 5) is 8.52. The van der Waals surface area contributed by atoms with Crippen molar-refractivity contribution in [3.05, 3.63) is 78.1 Å². The quantitative estimate of drug-likeness (QED) is 0.695. The number of para-hydroxylation sites is 1. The maximum atomic E-state index is 5.36. The Balaban J connectivity index is 1.61. The standard InChI is InChI=1S/C19H20N4O/c1-24-17-10-6-5-9-16(17)13-21-19-11-18(22-14-23-19)20-12-15-7-3-2-4-8-15/h2-11,14H,12-13H2,1H3,(H2,20,21,22,23). The highest BCUT2D eigenvalue weighted by Crippen LogP contribution is 2.19. The molecule has 0 bridgehead atoms. The third-order valence-electron chi connectivity index (χ3n) is 3.64. The molecule has 1 aromatic heterocycles. The van der Waals surface area contributed by atoms with Gasteiger partial charge >= 0.3 is 0 Å². The molecular formula is C19H20N4O. The predicted octanol–water partition coefficient (Wildman–Crippen LogP) is 3.71. The Labute approximate surface area is 141 Å². The van der Waals surface area contributed by atoms with Crippen molar-refractivity contribution in [3.63, 3.8) is 0 Å². The first-order valence-electron chi connectivity index (χ1n) is 7.81. The third-order valence-corrected chi connectivity index (χ3v) is 3.64. The molecule has 3 aromatic rings. The van der Waals surface area contributed by atoms with Crippen molar-refractivity contribution in [1.82, 2.24) is 9.97 Å². The highest BCUT2D eigenvalue weighted by Gasteiger charge is 2.03. The van der Waals surface area contributed by atoms with Crippen molar-refractivity contribution >= 4 is 11.6 Å². The maximum absolute atomic E-state index is 5.36. The zero-order valence-electron chi connectivity index (χ0n) is 13.6. The van der Waals surface area contributed by atoms with Gasteiger partial charge in [0.2, 0.25) is 0 Å². The van der Waals surface area contributed by atoms with E-state index in [4.69, 9.17) is 4.74 Å². The molecule has 2 N–H and O–H groups in total. The van der Waals surface area contributed by atoms with Crippen molar-refractivity contribution in [2.24, 2.45) is 0 Å². The molecule has 2 aromatic carbocycles. The number of hydrogen-bond acceptors (Lipinski definition) is 5. The molecule has 0 saturated carbocycles. The summed E-state index contributed by atoms with van der Waals surface area (Å²) in [5.74, 6) is 2.42. The summed E-state index contributed by atoms with van der Waals surface area (Å²) in [5.41, 5.74) is 2.29. The highest BCUT2D eigenvalue weighted by molar-refractivity contribution is 5.48. The number of nitrogens with zero attached hydrogens (tertiary/aromatic N) is 2. The number of nitrogens with one attached hydrogen (secondary N) is 2. The minimum absolute atomic E-state index is 0.638. The summed E-state index contributed by atoms with van der Waals surface area (Å²) < 4.78 is 5.36. The van der Waals surface area contributed by atoms with Crippen molar-refractivity contribution in [2.45, 2.75) is 13.1 Å². The van der Waals surface area contributed by atoms with Gasteiger partial charge in [-0.2, -0.15) is 0 Å². The Bertz CT molecular complexity index is 777. The van der Waals surface area contributed by atoms with Crippen LogP contribution in [0.15, 0.2) is 67.0 Å². The molecule has 0 fully saturated rings. The average molecular weight is 320 g/mol. The fraction of sp³-hybridized carbons (Fsp3) is 0.158. The van der Waals surface area contributed by atoms with Crippen LogP contribution in [-0.4, -0.2) is 17.1 Å². The van der Waals surface area contributed by atoms with Gasteiger partial charge in [0.25, 0.3) is 0 Å². The van der Waals surface area contributed by atoms with Gasteiger partial charge in [-0.1, -0.05) is 48.5 Å². The van der Waals surface area contributed by atoms with E-state index in [1.54, 1.807) is 13.4 Å². The fourth-order valence-corrected chi connectivity index (χ4v) is 2.37. The molecule has 0 unspecified atom stereocenters. The van der Waals surface area contributed by atoms with Crippen LogP contribution < -0.4 is 15.4 Å². The van der Waals surface area contributed by atoms with Crippen LogP contribution in [0.5, 0.6) is 5.75 Å². The first-order valence-corrected chi connectivity index (χ1v) is 7.81. The SMILES string of the molecule is COc1ccccc1CNc1cc(NCc2ccccc2)ncn1. The molecule has 3 rings (SSSR count). The molecule has 0 spiro atoms. The highest BCUT2D eigenvalue weighted by atomic mass is 16.5. The number of ether oxygens (including phenoxy) is 1. The Morgan fingerprint density at radius 2 is 1.50 bits per heavy atom. The number of hydrogen-bond donors (Lipinski definition) is 2. The molecule has 0 aliphatic rings. The van der Waals surface area contributed by atoms with Crippen LogP contribution in [0.1, 0.15) is 11.1 Å². The molecule has 0 aliphatic carbocycles. The Hall–Kier alpha value is -3.08. The summed E-state index contributed by atoms with van der Waals surface area (Å²) in [6.07, 6.45) is 1.55. The number of methoxy groups -OCH3 is 1. The van der Waals surface area contributed by atoms with Crippen LogP contribution in [0.3, 0.4) is 0 Å². The number of rotatable bonds is 7. The summed E-state index contributed by atoms with van der Waals surface area (Å²) in [6, 6.07) is 20.0. The van der Waals surface area contributed by atoms with Crippen molar-refractivity contribution in [1.29, 1.82) is 0 Å². The van der Waals surface area contributed by atoms with Crippen molar-refractivity contribution < 1.29 is 4.74 Å². The van der Waals surface area contributed by atoms with E-state index in [9.17, 15) is 0 Å². The number of anilines is 2. The van der Waals surface area contributed by atoms with Gasteiger partial charge in [-0.15, -0.1) is 0 Å². The Kier molecular flexibility index (Phi) is 5.24. The molecular weight excluding hydrogens is 300 g/mol. The lowest BCUT2D eigenvalue weighted by Gasteiger charge is -2.11. The van der Waals surface area contributed by atoms with Crippen LogP contribution in [0, 0.1) is 0 Å². The molecule has 0 amide bonds. The Morgan fingerprint density at radius 3 is 2.25 bits per heavy atom. The smallest absolute Gasteiger partial charge is 0.131 e. The lowest BCUT2D eigenvalue weighted by atomic mass is 10.2. The average Bonchev–Trinajstić information content (AvgIpc) is 2.66. The molecule has 0 radical (unpaired) electrons. The van der Waals surface area contributed by atoms with Gasteiger partial charge in [0.05, 0.1) is 7.11 Å². The van der Waals surface area contributed by atoms with Crippen molar-refractivity contribution in [3.8, 4) is 5.75 Å². The van der Waals surface area contributed by atoms with Gasteiger partial charge in [0, 0.05) is 24.7 Å². The first-order chi connectivity index (χ1) is 11.8. The first kappa shape index (κ1) is 15.8. The van der Waals surface area contributed by atoms with Crippen LogP contribution >= 0.6 is 0 Å². The second kappa shape index (κ2) is 7.97. The molecule has 0 aliphatic heterocycles. The number of benzene rings is 2. The normalized spacial score (nSPS) is 10.2. The van der Waals surface area contributed by atoms with Crippen LogP contribution in [-0.2, 0) is 13.1 Å². The molecule has 5 heteroatoms. The second-order valence-electron chi connectivity index (χ2n) is 5.29. The van der Waals surface area contributed by atoms with Crippen LogP contribution in [0.4, 0.5) is 11.6 Å². The summed E-state index contributed by atoms with van der Waals surface area (Å²) in [6.45, 7) is 1.36. The summed E-state index contributed by atoms with van der Waals surface area (Å²) in [5, 5.41) is 6.61. The molecule has 0 atom stereocenters. The monoisotopic (exact) mass is 320 g/mol. The van der Waals surface area contributed by atoms with Crippen LogP contribution in [0.2, 0.25) is 0 Å². The van der Waals surface area contributed by atoms with Gasteiger partial charge in [-0.05, 0) is 11.6 Å². The Morgan fingerprint density at radius 1 is 0.833 bits per heavy atom. The maximum Gasteiger partial charge on any atom is 0.131 e. The molecule has 1 heterocycles. The zero-order valence-corrected chi connectivity index (χ0v) is 13.6. The fourth-order valence-electron chi connectivity index (χ4n) is 2.37. The third kappa shape index (κ3) is 4.23. The van der Waals surface area contributed by atoms with Crippen molar-refractivity contribution in [2.75, 3.05) is 17.7 Å². The van der Waals surface area contributed by atoms with Gasteiger partial charge in [-0.3, -0.25) is 0 Å². The lowest BCUT2D eigenvalue weighted by molar-refractivity contribution is 0.410. The summed E-state index contributed by atoms with van der Waals surface area (Å²) >= 11 is 0. The topological polar surface area (TPSA) is 59.1 Å². The summed E-state index contributed by atoms with van der Waals surface area (Å²) in [7, 11) is 1.68. The molecule has 0 saturated heterocycles.